The highest BCUT2D eigenvalue weighted by Crippen LogP contribution is 2.23. The van der Waals surface area contributed by atoms with E-state index in [-0.39, 0.29) is 29.5 Å². The lowest BCUT2D eigenvalue weighted by atomic mass is 10.0. The van der Waals surface area contributed by atoms with Gasteiger partial charge in [-0.3, -0.25) is 19.0 Å². The van der Waals surface area contributed by atoms with Gasteiger partial charge < -0.3 is 21.1 Å². The van der Waals surface area contributed by atoms with E-state index in [4.69, 9.17) is 10.5 Å². The SMILES string of the molecule is CC(NC(=O)c1nccnc1N)c1cc2cccc(C#CCNC(=O)C3CCCO3)c2c(=O)n1-c1ccccc1. The van der Waals surface area contributed by atoms with Crippen LogP contribution in [0.25, 0.3) is 16.5 Å². The van der Waals surface area contributed by atoms with Gasteiger partial charge in [0.2, 0.25) is 5.91 Å². The van der Waals surface area contributed by atoms with Crippen LogP contribution in [-0.4, -0.2) is 45.6 Å². The minimum absolute atomic E-state index is 0.00731. The maximum Gasteiger partial charge on any atom is 0.274 e. The first kappa shape index (κ1) is 26.6. The fraction of sp³-hybridized carbons (Fsp3) is 0.233. The number of hydrogen-bond acceptors (Lipinski definition) is 7. The summed E-state index contributed by atoms with van der Waals surface area (Å²) in [5, 5.41) is 6.76. The highest BCUT2D eigenvalue weighted by atomic mass is 16.5. The maximum absolute atomic E-state index is 14.1. The largest absolute Gasteiger partial charge is 0.382 e. The van der Waals surface area contributed by atoms with E-state index in [9.17, 15) is 14.4 Å². The maximum atomic E-state index is 14.1. The number of carbonyl (C=O) groups is 2. The normalized spacial score (nSPS) is 15.2. The third-order valence-electron chi connectivity index (χ3n) is 6.62. The number of nitrogens with zero attached hydrogens (tertiary/aromatic N) is 3. The number of pyridine rings is 1. The molecule has 4 aromatic rings. The number of nitrogens with one attached hydrogen (secondary N) is 2. The first-order valence-corrected chi connectivity index (χ1v) is 12.9. The molecule has 3 heterocycles. The average molecular weight is 537 g/mol. The van der Waals surface area contributed by atoms with Crippen LogP contribution in [0.2, 0.25) is 0 Å². The summed E-state index contributed by atoms with van der Waals surface area (Å²) in [5.74, 6) is 5.33. The van der Waals surface area contributed by atoms with E-state index in [0.29, 0.717) is 40.7 Å². The van der Waals surface area contributed by atoms with Gasteiger partial charge >= 0.3 is 0 Å². The second kappa shape index (κ2) is 11.8. The van der Waals surface area contributed by atoms with Gasteiger partial charge in [0, 0.05) is 35.9 Å². The van der Waals surface area contributed by atoms with Crippen molar-refractivity contribution in [2.24, 2.45) is 0 Å². The first-order chi connectivity index (χ1) is 19.4. The molecule has 40 heavy (non-hydrogen) atoms. The number of aromatic nitrogens is 3. The molecule has 1 aliphatic heterocycles. The van der Waals surface area contributed by atoms with E-state index < -0.39 is 18.1 Å². The Kier molecular flexibility index (Phi) is 7.84. The zero-order valence-corrected chi connectivity index (χ0v) is 21.9. The Morgan fingerprint density at radius 1 is 1.15 bits per heavy atom. The summed E-state index contributed by atoms with van der Waals surface area (Å²) in [6, 6.07) is 15.9. The van der Waals surface area contributed by atoms with E-state index in [2.05, 4.69) is 32.4 Å². The van der Waals surface area contributed by atoms with E-state index >= 15 is 0 Å². The van der Waals surface area contributed by atoms with Crippen LogP contribution in [0.5, 0.6) is 0 Å². The molecule has 0 saturated carbocycles. The molecular weight excluding hydrogens is 508 g/mol. The van der Waals surface area contributed by atoms with Gasteiger partial charge in [0.25, 0.3) is 11.5 Å². The summed E-state index contributed by atoms with van der Waals surface area (Å²) in [6.45, 7) is 2.51. The number of para-hydroxylation sites is 1. The topological polar surface area (TPSA) is 141 Å². The molecule has 0 radical (unpaired) electrons. The molecule has 2 atom stereocenters. The van der Waals surface area contributed by atoms with Gasteiger partial charge in [-0.1, -0.05) is 42.2 Å². The predicted octanol–water partition coefficient (Wildman–Crippen LogP) is 2.50. The molecule has 1 aliphatic rings. The summed E-state index contributed by atoms with van der Waals surface area (Å²) in [7, 11) is 0. The lowest BCUT2D eigenvalue weighted by Gasteiger charge is -2.21. The van der Waals surface area contributed by atoms with Crippen molar-refractivity contribution in [1.29, 1.82) is 0 Å². The van der Waals surface area contributed by atoms with E-state index in [1.165, 1.54) is 12.4 Å². The summed E-state index contributed by atoms with van der Waals surface area (Å²) in [6.07, 6.45) is 3.94. The molecule has 5 rings (SSSR count). The van der Waals surface area contributed by atoms with Crippen molar-refractivity contribution in [3.8, 4) is 17.5 Å². The predicted molar refractivity (Wildman–Crippen MR) is 151 cm³/mol. The molecule has 2 amide bonds. The van der Waals surface area contributed by atoms with Crippen LogP contribution in [0.4, 0.5) is 5.82 Å². The lowest BCUT2D eigenvalue weighted by Crippen LogP contribution is -2.34. The molecular formula is C30H28N6O4. The summed E-state index contributed by atoms with van der Waals surface area (Å²) in [4.78, 5) is 47.2. The van der Waals surface area contributed by atoms with Gasteiger partial charge in [-0.25, -0.2) is 9.97 Å². The number of ether oxygens (including phenoxy) is 1. The number of benzene rings is 2. The molecule has 2 aromatic carbocycles. The van der Waals surface area contributed by atoms with Crippen LogP contribution in [0.15, 0.2) is 71.8 Å². The van der Waals surface area contributed by atoms with Crippen molar-refractivity contribution in [3.63, 3.8) is 0 Å². The number of fused-ring (bicyclic) bond motifs is 1. The van der Waals surface area contributed by atoms with Gasteiger partial charge in [0.15, 0.2) is 11.5 Å². The smallest absolute Gasteiger partial charge is 0.274 e. The minimum Gasteiger partial charge on any atom is -0.382 e. The van der Waals surface area contributed by atoms with Crippen molar-refractivity contribution in [3.05, 3.63) is 94.3 Å². The Morgan fingerprint density at radius 3 is 2.70 bits per heavy atom. The number of nitrogen functional groups attached to an aromatic ring is 1. The number of carbonyl (C=O) groups excluding carboxylic acids is 2. The monoisotopic (exact) mass is 536 g/mol. The molecule has 2 aromatic heterocycles. The van der Waals surface area contributed by atoms with Crippen LogP contribution in [0.1, 0.15) is 47.6 Å². The number of rotatable bonds is 6. The molecule has 0 bridgehead atoms. The first-order valence-electron chi connectivity index (χ1n) is 12.9. The Hall–Kier alpha value is -5.01. The van der Waals surface area contributed by atoms with Gasteiger partial charge in [-0.05, 0) is 49.4 Å². The van der Waals surface area contributed by atoms with Gasteiger partial charge in [-0.2, -0.15) is 0 Å². The third-order valence-corrected chi connectivity index (χ3v) is 6.62. The number of nitrogens with two attached hydrogens (primary N) is 1. The van der Waals surface area contributed by atoms with Crippen LogP contribution < -0.4 is 21.9 Å². The Morgan fingerprint density at radius 2 is 1.95 bits per heavy atom. The van der Waals surface area contributed by atoms with Crippen molar-refractivity contribution >= 4 is 28.4 Å². The highest BCUT2D eigenvalue weighted by molar-refractivity contribution is 5.96. The fourth-order valence-corrected chi connectivity index (χ4v) is 4.68. The molecule has 1 fully saturated rings. The average Bonchev–Trinajstić information content (AvgIpc) is 3.51. The Bertz CT molecular complexity index is 1680. The Labute approximate surface area is 230 Å². The van der Waals surface area contributed by atoms with Crippen molar-refractivity contribution < 1.29 is 14.3 Å². The van der Waals surface area contributed by atoms with Crippen LogP contribution >= 0.6 is 0 Å². The number of hydrogen-bond donors (Lipinski definition) is 3. The fourth-order valence-electron chi connectivity index (χ4n) is 4.68. The van der Waals surface area contributed by atoms with E-state index in [1.54, 1.807) is 17.6 Å². The Balaban J connectivity index is 1.51. The van der Waals surface area contributed by atoms with E-state index in [1.807, 2.05) is 48.5 Å². The zero-order chi connectivity index (χ0) is 28.1. The molecule has 1 saturated heterocycles. The van der Waals surface area contributed by atoms with Gasteiger partial charge in [-0.15, -0.1) is 0 Å². The molecule has 4 N–H and O–H groups in total. The number of anilines is 1. The number of amides is 2. The molecule has 0 spiro atoms. The summed E-state index contributed by atoms with van der Waals surface area (Å²) >= 11 is 0. The van der Waals surface area contributed by atoms with Crippen LogP contribution in [-0.2, 0) is 9.53 Å². The minimum atomic E-state index is -0.589. The van der Waals surface area contributed by atoms with Crippen molar-refractivity contribution in [2.45, 2.75) is 31.9 Å². The standard InChI is InChI=1S/C30H28N6O4/c1-19(35-29(38)26-27(31)33-16-15-32-26)23-18-21-9-5-8-20(10-6-14-34-28(37)24-13-7-17-40-24)25(21)30(39)36(23)22-11-3-2-4-12-22/h2-5,8-9,11-12,15-16,18-19,24H,7,13-14,17H2,1H3,(H2,31,33)(H,34,37)(H,35,38). The molecule has 0 aliphatic carbocycles. The lowest BCUT2D eigenvalue weighted by molar-refractivity contribution is -0.129. The van der Waals surface area contributed by atoms with Crippen LogP contribution in [0, 0.1) is 11.8 Å². The van der Waals surface area contributed by atoms with E-state index in [0.717, 1.165) is 6.42 Å². The zero-order valence-electron chi connectivity index (χ0n) is 21.9. The molecule has 2 unspecified atom stereocenters. The highest BCUT2D eigenvalue weighted by Gasteiger charge is 2.23. The second-order valence-corrected chi connectivity index (χ2v) is 9.32. The second-order valence-electron chi connectivity index (χ2n) is 9.32. The van der Waals surface area contributed by atoms with Gasteiger partial charge in [0.1, 0.15) is 6.10 Å². The van der Waals surface area contributed by atoms with Crippen LogP contribution in [0.3, 0.4) is 0 Å². The third kappa shape index (κ3) is 5.55. The molecule has 202 valence electrons. The summed E-state index contributed by atoms with van der Waals surface area (Å²) in [5.41, 5.74) is 7.30. The molecule has 10 heteroatoms. The van der Waals surface area contributed by atoms with Gasteiger partial charge in [0.05, 0.1) is 18.0 Å². The van der Waals surface area contributed by atoms with Crippen molar-refractivity contribution in [2.75, 3.05) is 18.9 Å². The van der Waals surface area contributed by atoms with Crippen molar-refractivity contribution in [1.82, 2.24) is 25.2 Å². The summed E-state index contributed by atoms with van der Waals surface area (Å²) < 4.78 is 6.97. The molecule has 10 nitrogen and oxygen atoms in total. The quantitative estimate of drug-likeness (QED) is 0.322.